The molecule has 0 aliphatic rings. The Bertz CT molecular complexity index is 1070. The molecule has 0 aliphatic heterocycles. The highest BCUT2D eigenvalue weighted by Crippen LogP contribution is 2.25. The number of hydrogen-bond donors (Lipinski definition) is 1. The van der Waals surface area contributed by atoms with Crippen LogP contribution in [0.25, 0.3) is 11.3 Å². The molecule has 28 heavy (non-hydrogen) atoms. The molecule has 0 bridgehead atoms. The Morgan fingerprint density at radius 3 is 2.86 bits per heavy atom. The second-order valence-electron chi connectivity index (χ2n) is 6.49. The van der Waals surface area contributed by atoms with Crippen molar-refractivity contribution in [2.24, 2.45) is 0 Å². The highest BCUT2D eigenvalue weighted by Gasteiger charge is 2.10. The minimum atomic E-state index is 0.00497. The quantitative estimate of drug-likeness (QED) is 0.471. The van der Waals surface area contributed by atoms with Gasteiger partial charge in [0.25, 0.3) is 0 Å². The SMILES string of the molecule is Cc1ccc(NC(=O)Cc2cccs2)cc1Cc1nc(-c2cccnc2)cs1. The molecular weight excluding hydrogens is 386 g/mol. The van der Waals surface area contributed by atoms with E-state index in [1.165, 1.54) is 11.1 Å². The van der Waals surface area contributed by atoms with Gasteiger partial charge in [0.15, 0.2) is 0 Å². The van der Waals surface area contributed by atoms with E-state index in [-0.39, 0.29) is 5.91 Å². The average Bonchev–Trinajstić information content (AvgIpc) is 3.37. The van der Waals surface area contributed by atoms with E-state index in [0.29, 0.717) is 6.42 Å². The minimum absolute atomic E-state index is 0.00497. The topological polar surface area (TPSA) is 54.9 Å². The molecule has 0 unspecified atom stereocenters. The number of rotatable bonds is 6. The summed E-state index contributed by atoms with van der Waals surface area (Å²) in [5.41, 5.74) is 5.16. The molecule has 0 fully saturated rings. The number of carbonyl (C=O) groups is 1. The smallest absolute Gasteiger partial charge is 0.229 e. The first-order valence-corrected chi connectivity index (χ1v) is 10.7. The van der Waals surface area contributed by atoms with Crippen molar-refractivity contribution in [3.05, 3.63) is 86.6 Å². The molecule has 0 spiro atoms. The van der Waals surface area contributed by atoms with Crippen molar-refractivity contribution in [1.82, 2.24) is 9.97 Å². The Morgan fingerprint density at radius 2 is 2.07 bits per heavy atom. The zero-order chi connectivity index (χ0) is 19.3. The van der Waals surface area contributed by atoms with Gasteiger partial charge in [-0.1, -0.05) is 12.1 Å². The van der Waals surface area contributed by atoms with Crippen LogP contribution in [-0.2, 0) is 17.6 Å². The van der Waals surface area contributed by atoms with Gasteiger partial charge in [0.1, 0.15) is 0 Å². The molecule has 6 heteroatoms. The van der Waals surface area contributed by atoms with E-state index >= 15 is 0 Å². The summed E-state index contributed by atoms with van der Waals surface area (Å²) in [6.07, 6.45) is 4.74. The zero-order valence-corrected chi connectivity index (χ0v) is 17.0. The first-order chi connectivity index (χ1) is 13.7. The molecule has 140 valence electrons. The first-order valence-electron chi connectivity index (χ1n) is 8.94. The number of hydrogen-bond acceptors (Lipinski definition) is 5. The molecule has 0 saturated heterocycles. The molecule has 0 saturated carbocycles. The van der Waals surface area contributed by atoms with Crippen LogP contribution in [0.1, 0.15) is 21.0 Å². The highest BCUT2D eigenvalue weighted by atomic mass is 32.1. The van der Waals surface area contributed by atoms with Crippen molar-refractivity contribution >= 4 is 34.3 Å². The number of amides is 1. The molecule has 0 radical (unpaired) electrons. The van der Waals surface area contributed by atoms with Gasteiger partial charge in [0.05, 0.1) is 17.1 Å². The van der Waals surface area contributed by atoms with E-state index < -0.39 is 0 Å². The Kier molecular flexibility index (Phi) is 5.60. The van der Waals surface area contributed by atoms with Crippen LogP contribution < -0.4 is 5.32 Å². The Hall–Kier alpha value is -2.83. The Morgan fingerprint density at radius 1 is 1.14 bits per heavy atom. The van der Waals surface area contributed by atoms with E-state index in [1.54, 1.807) is 28.9 Å². The van der Waals surface area contributed by atoms with E-state index in [1.807, 2.05) is 54.0 Å². The lowest BCUT2D eigenvalue weighted by Gasteiger charge is -2.09. The van der Waals surface area contributed by atoms with E-state index in [0.717, 1.165) is 33.3 Å². The third-order valence-corrected chi connectivity index (χ3v) is 6.12. The van der Waals surface area contributed by atoms with Crippen molar-refractivity contribution < 1.29 is 4.79 Å². The molecule has 4 aromatic rings. The van der Waals surface area contributed by atoms with Crippen LogP contribution in [0.2, 0.25) is 0 Å². The van der Waals surface area contributed by atoms with Crippen LogP contribution >= 0.6 is 22.7 Å². The maximum Gasteiger partial charge on any atom is 0.229 e. The maximum atomic E-state index is 12.3. The summed E-state index contributed by atoms with van der Waals surface area (Å²) in [7, 11) is 0. The monoisotopic (exact) mass is 405 g/mol. The highest BCUT2D eigenvalue weighted by molar-refractivity contribution is 7.10. The van der Waals surface area contributed by atoms with Crippen LogP contribution in [-0.4, -0.2) is 15.9 Å². The molecule has 1 amide bonds. The van der Waals surface area contributed by atoms with Crippen molar-refractivity contribution in [3.63, 3.8) is 0 Å². The van der Waals surface area contributed by atoms with Crippen molar-refractivity contribution in [2.45, 2.75) is 19.8 Å². The summed E-state index contributed by atoms with van der Waals surface area (Å²) in [5, 5.41) is 8.10. The van der Waals surface area contributed by atoms with Gasteiger partial charge in [-0.15, -0.1) is 22.7 Å². The Balaban J connectivity index is 1.47. The largest absolute Gasteiger partial charge is 0.326 e. The second kappa shape index (κ2) is 8.46. The molecule has 3 aromatic heterocycles. The molecule has 4 rings (SSSR count). The van der Waals surface area contributed by atoms with E-state index in [9.17, 15) is 4.79 Å². The fraction of sp³-hybridized carbons (Fsp3) is 0.136. The van der Waals surface area contributed by atoms with Gasteiger partial charge in [-0.25, -0.2) is 4.98 Å². The zero-order valence-electron chi connectivity index (χ0n) is 15.4. The summed E-state index contributed by atoms with van der Waals surface area (Å²) in [6.45, 7) is 2.09. The molecule has 4 nitrogen and oxygen atoms in total. The van der Waals surface area contributed by atoms with Gasteiger partial charge in [0.2, 0.25) is 5.91 Å². The lowest BCUT2D eigenvalue weighted by molar-refractivity contribution is -0.115. The number of nitrogens with zero attached hydrogens (tertiary/aromatic N) is 2. The minimum Gasteiger partial charge on any atom is -0.326 e. The molecule has 0 atom stereocenters. The van der Waals surface area contributed by atoms with Crippen LogP contribution in [0.5, 0.6) is 0 Å². The van der Waals surface area contributed by atoms with Crippen molar-refractivity contribution in [2.75, 3.05) is 5.32 Å². The van der Waals surface area contributed by atoms with Crippen LogP contribution in [0, 0.1) is 6.92 Å². The number of benzene rings is 1. The predicted octanol–water partition coefficient (Wildman–Crippen LogP) is 5.35. The number of aromatic nitrogens is 2. The normalized spacial score (nSPS) is 10.8. The summed E-state index contributed by atoms with van der Waals surface area (Å²) in [6, 6.07) is 13.9. The van der Waals surface area contributed by atoms with Gasteiger partial charge in [-0.3, -0.25) is 9.78 Å². The third kappa shape index (κ3) is 4.52. The number of pyridine rings is 1. The fourth-order valence-corrected chi connectivity index (χ4v) is 4.45. The summed E-state index contributed by atoms with van der Waals surface area (Å²) >= 11 is 3.24. The number of aryl methyl sites for hydroxylation is 1. The van der Waals surface area contributed by atoms with Crippen LogP contribution in [0.3, 0.4) is 0 Å². The fourth-order valence-electron chi connectivity index (χ4n) is 2.92. The van der Waals surface area contributed by atoms with E-state index in [4.69, 9.17) is 4.98 Å². The van der Waals surface area contributed by atoms with Gasteiger partial charge >= 0.3 is 0 Å². The lowest BCUT2D eigenvalue weighted by Crippen LogP contribution is -2.14. The molecule has 1 N–H and O–H groups in total. The predicted molar refractivity (Wildman–Crippen MR) is 116 cm³/mol. The van der Waals surface area contributed by atoms with Gasteiger partial charge < -0.3 is 5.32 Å². The van der Waals surface area contributed by atoms with Crippen molar-refractivity contribution in [3.8, 4) is 11.3 Å². The summed E-state index contributed by atoms with van der Waals surface area (Å²) in [4.78, 5) is 22.2. The standard InChI is InChI=1S/C22H19N3OS2/c1-15-6-7-18(24-21(26)12-19-5-3-9-27-19)10-17(15)11-22-25-20(14-28-22)16-4-2-8-23-13-16/h2-10,13-14H,11-12H2,1H3,(H,24,26). The number of anilines is 1. The number of carbonyl (C=O) groups excluding carboxylic acids is 1. The van der Waals surface area contributed by atoms with Gasteiger partial charge in [-0.2, -0.15) is 0 Å². The van der Waals surface area contributed by atoms with E-state index in [2.05, 4.69) is 22.6 Å². The molecule has 3 heterocycles. The average molecular weight is 406 g/mol. The van der Waals surface area contributed by atoms with Gasteiger partial charge in [0, 0.05) is 40.3 Å². The number of nitrogens with one attached hydrogen (secondary N) is 1. The third-order valence-electron chi connectivity index (χ3n) is 4.40. The molecular formula is C22H19N3OS2. The Labute approximate surface area is 171 Å². The van der Waals surface area contributed by atoms with Crippen LogP contribution in [0.15, 0.2) is 65.6 Å². The molecule has 0 aliphatic carbocycles. The maximum absolute atomic E-state index is 12.3. The number of thiophene rings is 1. The lowest BCUT2D eigenvalue weighted by atomic mass is 10.0. The van der Waals surface area contributed by atoms with Gasteiger partial charge in [-0.05, 0) is 53.8 Å². The first kappa shape index (κ1) is 18.5. The van der Waals surface area contributed by atoms with Crippen molar-refractivity contribution in [1.29, 1.82) is 0 Å². The second-order valence-corrected chi connectivity index (χ2v) is 8.47. The van der Waals surface area contributed by atoms with Crippen LogP contribution in [0.4, 0.5) is 5.69 Å². The number of thiazole rings is 1. The summed E-state index contributed by atoms with van der Waals surface area (Å²) < 4.78 is 0. The molecule has 1 aromatic carbocycles. The summed E-state index contributed by atoms with van der Waals surface area (Å²) in [5.74, 6) is 0.00497.